The van der Waals surface area contributed by atoms with Gasteiger partial charge >= 0.3 is 0 Å². The normalized spacial score (nSPS) is 11.3. The number of halogens is 2. The molecular weight excluding hydrogens is 283 g/mol. The molecule has 2 N–H and O–H groups in total. The van der Waals surface area contributed by atoms with Crippen LogP contribution in [-0.4, -0.2) is 23.0 Å². The lowest BCUT2D eigenvalue weighted by Crippen LogP contribution is -2.31. The Labute approximate surface area is 124 Å². The first-order valence-electron chi connectivity index (χ1n) is 6.33. The first kappa shape index (κ1) is 16.3. The predicted molar refractivity (Wildman–Crippen MR) is 82.9 cm³/mol. The molecule has 0 spiro atoms. The van der Waals surface area contributed by atoms with E-state index in [1.807, 2.05) is 0 Å². The first-order valence-corrected chi connectivity index (χ1v) is 7.11. The summed E-state index contributed by atoms with van der Waals surface area (Å²) in [5, 5.41) is 0.416. The zero-order chi connectivity index (χ0) is 14.4. The second kappa shape index (κ2) is 7.78. The van der Waals surface area contributed by atoms with Crippen molar-refractivity contribution in [2.45, 2.75) is 26.8 Å². The van der Waals surface area contributed by atoms with Gasteiger partial charge in [-0.15, -0.1) is 0 Å². The summed E-state index contributed by atoms with van der Waals surface area (Å²) in [4.78, 5) is 2.65. The van der Waals surface area contributed by atoms with Crippen LogP contribution < -0.4 is 5.73 Å². The van der Waals surface area contributed by atoms with Crippen molar-refractivity contribution < 1.29 is 4.39 Å². The summed E-state index contributed by atoms with van der Waals surface area (Å²) < 4.78 is 13.8. The van der Waals surface area contributed by atoms with Gasteiger partial charge in [-0.3, -0.25) is 4.90 Å². The minimum absolute atomic E-state index is 0.267. The van der Waals surface area contributed by atoms with Crippen molar-refractivity contribution in [3.8, 4) is 0 Å². The van der Waals surface area contributed by atoms with Gasteiger partial charge in [-0.25, -0.2) is 4.39 Å². The smallest absolute Gasteiger partial charge is 0.129 e. The molecule has 0 radical (unpaired) electrons. The third kappa shape index (κ3) is 6.32. The largest absolute Gasteiger partial charge is 0.393 e. The standard InChI is InChI=1S/C14H20ClFN2S/c1-10(2)8-18(6-5-14(17)19)9-11-3-4-12(15)7-13(11)16/h3-4,7,10H,5-6,8-9H2,1-2H3,(H2,17,19). The van der Waals surface area contributed by atoms with Crippen LogP contribution in [0.2, 0.25) is 5.02 Å². The highest BCUT2D eigenvalue weighted by atomic mass is 35.5. The molecule has 2 nitrogen and oxygen atoms in total. The van der Waals surface area contributed by atoms with Crippen molar-refractivity contribution in [3.63, 3.8) is 0 Å². The maximum absolute atomic E-state index is 13.8. The van der Waals surface area contributed by atoms with Crippen molar-refractivity contribution >= 4 is 28.8 Å². The van der Waals surface area contributed by atoms with Crippen LogP contribution >= 0.6 is 23.8 Å². The molecule has 0 amide bonds. The van der Waals surface area contributed by atoms with Crippen molar-refractivity contribution in [2.24, 2.45) is 11.7 Å². The van der Waals surface area contributed by atoms with E-state index in [4.69, 9.17) is 29.6 Å². The molecule has 0 aliphatic heterocycles. The Kier molecular flexibility index (Phi) is 6.69. The van der Waals surface area contributed by atoms with E-state index < -0.39 is 0 Å². The Morgan fingerprint density at radius 3 is 2.68 bits per heavy atom. The number of thiocarbonyl (C=S) groups is 1. The molecule has 0 fully saturated rings. The number of rotatable bonds is 7. The highest BCUT2D eigenvalue weighted by Gasteiger charge is 2.11. The molecule has 0 heterocycles. The van der Waals surface area contributed by atoms with Crippen LogP contribution in [0.25, 0.3) is 0 Å². The second-order valence-corrected chi connectivity index (χ2v) is 6.04. The van der Waals surface area contributed by atoms with Gasteiger partial charge in [0.15, 0.2) is 0 Å². The van der Waals surface area contributed by atoms with E-state index in [0.717, 1.165) is 13.1 Å². The van der Waals surface area contributed by atoms with Gasteiger partial charge in [-0.2, -0.15) is 0 Å². The zero-order valence-electron chi connectivity index (χ0n) is 11.3. The lowest BCUT2D eigenvalue weighted by atomic mass is 10.1. The van der Waals surface area contributed by atoms with E-state index in [-0.39, 0.29) is 5.82 Å². The summed E-state index contributed by atoms with van der Waals surface area (Å²) >= 11 is 10.6. The first-order chi connectivity index (χ1) is 8.88. The third-order valence-electron chi connectivity index (χ3n) is 2.71. The summed E-state index contributed by atoms with van der Waals surface area (Å²) in [6, 6.07) is 4.78. The van der Waals surface area contributed by atoms with Crippen LogP contribution in [0.5, 0.6) is 0 Å². The van der Waals surface area contributed by atoms with Gasteiger partial charge in [0, 0.05) is 36.6 Å². The van der Waals surface area contributed by atoms with Crippen LogP contribution in [-0.2, 0) is 6.54 Å². The lowest BCUT2D eigenvalue weighted by molar-refractivity contribution is 0.239. The second-order valence-electron chi connectivity index (χ2n) is 5.08. The molecule has 106 valence electrons. The summed E-state index contributed by atoms with van der Waals surface area (Å²) in [5.74, 6) is 0.235. The van der Waals surface area contributed by atoms with Gasteiger partial charge in [0.2, 0.25) is 0 Å². The average Bonchev–Trinajstić information content (AvgIpc) is 2.28. The molecule has 1 aromatic rings. The van der Waals surface area contributed by atoms with E-state index in [2.05, 4.69) is 18.7 Å². The third-order valence-corrected chi connectivity index (χ3v) is 3.15. The molecule has 0 unspecified atom stereocenters. The minimum Gasteiger partial charge on any atom is -0.393 e. The molecule has 0 saturated carbocycles. The Bertz CT molecular complexity index is 437. The van der Waals surface area contributed by atoms with Gasteiger partial charge < -0.3 is 5.73 Å². The topological polar surface area (TPSA) is 29.3 Å². The van der Waals surface area contributed by atoms with E-state index in [0.29, 0.717) is 34.5 Å². The van der Waals surface area contributed by atoms with Crippen LogP contribution in [0.3, 0.4) is 0 Å². The maximum atomic E-state index is 13.8. The van der Waals surface area contributed by atoms with Crippen molar-refractivity contribution in [2.75, 3.05) is 13.1 Å². The number of hydrogen-bond donors (Lipinski definition) is 1. The summed E-state index contributed by atoms with van der Waals surface area (Å²) in [6.07, 6.45) is 0.650. The van der Waals surface area contributed by atoms with Gasteiger partial charge in [0.1, 0.15) is 5.82 Å². The van der Waals surface area contributed by atoms with Gasteiger partial charge in [0.25, 0.3) is 0 Å². The lowest BCUT2D eigenvalue weighted by Gasteiger charge is -2.24. The van der Waals surface area contributed by atoms with Crippen LogP contribution in [0, 0.1) is 11.7 Å². The Balaban J connectivity index is 2.72. The van der Waals surface area contributed by atoms with Crippen LogP contribution in [0.15, 0.2) is 18.2 Å². The minimum atomic E-state index is -0.267. The molecule has 0 saturated heterocycles. The summed E-state index contributed by atoms with van der Waals surface area (Å²) in [6.45, 7) is 6.43. The SMILES string of the molecule is CC(C)CN(CCC(N)=S)Cc1ccc(Cl)cc1F. The van der Waals surface area contributed by atoms with E-state index >= 15 is 0 Å². The number of nitrogens with zero attached hydrogens (tertiary/aromatic N) is 1. The quantitative estimate of drug-likeness (QED) is 0.780. The molecule has 0 aromatic heterocycles. The molecule has 19 heavy (non-hydrogen) atoms. The monoisotopic (exact) mass is 302 g/mol. The van der Waals surface area contributed by atoms with Crippen LogP contribution in [0.1, 0.15) is 25.8 Å². The Morgan fingerprint density at radius 1 is 1.47 bits per heavy atom. The van der Waals surface area contributed by atoms with E-state index in [1.54, 1.807) is 12.1 Å². The molecule has 0 atom stereocenters. The molecular formula is C14H20ClFN2S. The maximum Gasteiger partial charge on any atom is 0.129 e. The zero-order valence-corrected chi connectivity index (χ0v) is 12.9. The Hall–Kier alpha value is -0.710. The van der Waals surface area contributed by atoms with Gasteiger partial charge in [-0.1, -0.05) is 43.7 Å². The number of nitrogens with two attached hydrogens (primary N) is 1. The molecule has 0 aliphatic rings. The molecule has 1 aromatic carbocycles. The Morgan fingerprint density at radius 2 is 2.16 bits per heavy atom. The van der Waals surface area contributed by atoms with Gasteiger partial charge in [0.05, 0.1) is 4.99 Å². The van der Waals surface area contributed by atoms with Crippen LogP contribution in [0.4, 0.5) is 4.39 Å². The highest BCUT2D eigenvalue weighted by Crippen LogP contribution is 2.17. The molecule has 0 bridgehead atoms. The fraction of sp³-hybridized carbons (Fsp3) is 0.500. The molecule has 1 rings (SSSR count). The number of benzene rings is 1. The average molecular weight is 303 g/mol. The summed E-state index contributed by atoms with van der Waals surface area (Å²) in [5.41, 5.74) is 6.17. The fourth-order valence-corrected chi connectivity index (χ4v) is 2.16. The molecule has 5 heteroatoms. The molecule has 0 aliphatic carbocycles. The van der Waals surface area contributed by atoms with Crippen molar-refractivity contribution in [1.29, 1.82) is 0 Å². The fourth-order valence-electron chi connectivity index (χ4n) is 1.91. The van der Waals surface area contributed by atoms with Gasteiger partial charge in [-0.05, 0) is 18.1 Å². The van der Waals surface area contributed by atoms with Crippen molar-refractivity contribution in [3.05, 3.63) is 34.6 Å². The van der Waals surface area contributed by atoms with E-state index in [1.165, 1.54) is 6.07 Å². The predicted octanol–water partition coefficient (Wildman–Crippen LogP) is 3.61. The summed E-state index contributed by atoms with van der Waals surface area (Å²) in [7, 11) is 0. The van der Waals surface area contributed by atoms with Crippen molar-refractivity contribution in [1.82, 2.24) is 4.90 Å². The number of hydrogen-bond acceptors (Lipinski definition) is 2. The highest BCUT2D eigenvalue weighted by molar-refractivity contribution is 7.80. The van der Waals surface area contributed by atoms with E-state index in [9.17, 15) is 4.39 Å².